The van der Waals surface area contributed by atoms with Crippen molar-refractivity contribution in [3.05, 3.63) is 58.1 Å². The van der Waals surface area contributed by atoms with Crippen molar-refractivity contribution in [2.75, 3.05) is 19.8 Å². The first-order chi connectivity index (χ1) is 14.7. The molecule has 2 aromatic rings. The van der Waals surface area contributed by atoms with Gasteiger partial charge in [0.2, 0.25) is 0 Å². The number of amidine groups is 1. The zero-order valence-corrected chi connectivity index (χ0v) is 17.8. The van der Waals surface area contributed by atoms with Crippen LogP contribution in [-0.4, -0.2) is 42.2 Å². The van der Waals surface area contributed by atoms with E-state index in [-0.39, 0.29) is 29.8 Å². The lowest BCUT2D eigenvalue weighted by atomic mass is 9.55. The fourth-order valence-corrected chi connectivity index (χ4v) is 4.97. The highest BCUT2D eigenvalue weighted by Gasteiger charge is 2.71. The lowest BCUT2D eigenvalue weighted by Crippen LogP contribution is -2.71. The van der Waals surface area contributed by atoms with Gasteiger partial charge in [0.05, 0.1) is 23.7 Å². The number of aromatic nitrogens is 1. The van der Waals surface area contributed by atoms with E-state index in [9.17, 15) is 9.18 Å². The first-order valence-electron chi connectivity index (χ1n) is 9.90. The minimum Gasteiger partial charge on any atom is -0.487 e. The minimum absolute atomic E-state index is 0.0398. The maximum Gasteiger partial charge on any atom is 0.283 e. The van der Waals surface area contributed by atoms with Crippen LogP contribution in [0.15, 0.2) is 35.5 Å². The molecule has 3 aliphatic heterocycles. The number of Topliss-reactive ketones (excluding diaryl/α,β-unsaturated/α-hetero) is 1. The van der Waals surface area contributed by atoms with Gasteiger partial charge in [0, 0.05) is 18.2 Å². The van der Waals surface area contributed by atoms with E-state index in [0.29, 0.717) is 24.5 Å². The van der Waals surface area contributed by atoms with Gasteiger partial charge in [-0.1, -0.05) is 17.7 Å². The van der Waals surface area contributed by atoms with Gasteiger partial charge < -0.3 is 19.9 Å². The zero-order valence-electron chi connectivity index (χ0n) is 17.1. The zero-order chi connectivity index (χ0) is 22.0. The van der Waals surface area contributed by atoms with Gasteiger partial charge in [0.15, 0.2) is 11.6 Å². The number of hydrogen-bond donors (Lipinski definition) is 1. The SMILES string of the molecule is CC1(C)Oc2ccc(CC(=O)c3ncc(Cl)cc3F)cc2C2(COC(N)=N2)C12COC2. The van der Waals surface area contributed by atoms with Crippen molar-refractivity contribution in [2.24, 2.45) is 16.1 Å². The van der Waals surface area contributed by atoms with Gasteiger partial charge in [-0.15, -0.1) is 0 Å². The van der Waals surface area contributed by atoms with Gasteiger partial charge in [-0.2, -0.15) is 0 Å². The Hall–Kier alpha value is -2.71. The number of fused-ring (bicyclic) bond motifs is 3. The van der Waals surface area contributed by atoms with Crippen LogP contribution in [0.4, 0.5) is 4.39 Å². The molecule has 31 heavy (non-hydrogen) atoms. The van der Waals surface area contributed by atoms with Crippen LogP contribution in [0, 0.1) is 11.2 Å². The first-order valence-corrected chi connectivity index (χ1v) is 10.3. The maximum absolute atomic E-state index is 14.2. The van der Waals surface area contributed by atoms with Crippen molar-refractivity contribution in [3.63, 3.8) is 0 Å². The van der Waals surface area contributed by atoms with Crippen LogP contribution in [0.25, 0.3) is 0 Å². The quantitative estimate of drug-likeness (QED) is 0.729. The molecule has 1 unspecified atom stereocenters. The van der Waals surface area contributed by atoms with Gasteiger partial charge in [-0.25, -0.2) is 14.4 Å². The molecule has 2 spiro atoms. The van der Waals surface area contributed by atoms with Crippen molar-refractivity contribution in [1.82, 2.24) is 4.98 Å². The van der Waals surface area contributed by atoms with E-state index in [1.807, 2.05) is 26.0 Å². The lowest BCUT2D eigenvalue weighted by Gasteiger charge is -2.61. The number of benzene rings is 1. The van der Waals surface area contributed by atoms with Crippen LogP contribution in [0.1, 0.15) is 35.5 Å². The standard InChI is InChI=1S/C22H21ClFN3O4/c1-20(2)21(9-29-10-21)22(11-30-19(25)27-22)14-5-12(3-4-17(14)31-20)6-16(28)18-15(24)7-13(23)8-26-18/h3-5,7-8H,6,9-11H2,1-2H3,(H2,25,27). The predicted molar refractivity (Wildman–Crippen MR) is 111 cm³/mol. The van der Waals surface area contributed by atoms with E-state index in [1.54, 1.807) is 6.07 Å². The van der Waals surface area contributed by atoms with E-state index < -0.39 is 28.2 Å². The largest absolute Gasteiger partial charge is 0.487 e. The second-order valence-electron chi connectivity index (χ2n) is 8.70. The van der Waals surface area contributed by atoms with Gasteiger partial charge in [-0.3, -0.25) is 4.79 Å². The number of carbonyl (C=O) groups excluding carboxylic acids is 1. The molecule has 5 rings (SSSR count). The highest BCUT2D eigenvalue weighted by molar-refractivity contribution is 6.30. The molecule has 3 aliphatic rings. The van der Waals surface area contributed by atoms with Gasteiger partial charge in [0.25, 0.3) is 6.02 Å². The van der Waals surface area contributed by atoms with Crippen LogP contribution in [0.5, 0.6) is 5.75 Å². The molecule has 9 heteroatoms. The van der Waals surface area contributed by atoms with E-state index in [2.05, 4.69) is 4.98 Å². The molecular weight excluding hydrogens is 425 g/mol. The summed E-state index contributed by atoms with van der Waals surface area (Å²) in [6.45, 7) is 5.17. The molecule has 0 saturated carbocycles. The van der Waals surface area contributed by atoms with Crippen LogP contribution >= 0.6 is 11.6 Å². The summed E-state index contributed by atoms with van der Waals surface area (Å²) in [4.78, 5) is 21.3. The van der Waals surface area contributed by atoms with Crippen LogP contribution in [0.2, 0.25) is 5.02 Å². The number of pyridine rings is 1. The van der Waals surface area contributed by atoms with Gasteiger partial charge >= 0.3 is 0 Å². The van der Waals surface area contributed by atoms with Crippen molar-refractivity contribution in [3.8, 4) is 5.75 Å². The molecule has 4 heterocycles. The summed E-state index contributed by atoms with van der Waals surface area (Å²) in [5.74, 6) is -0.548. The molecule has 2 N–H and O–H groups in total. The third-order valence-electron chi connectivity index (χ3n) is 6.66. The Morgan fingerprint density at radius 2 is 2.03 bits per heavy atom. The first kappa shape index (κ1) is 20.2. The second-order valence-corrected chi connectivity index (χ2v) is 9.14. The van der Waals surface area contributed by atoms with Crippen molar-refractivity contribution >= 4 is 23.4 Å². The molecule has 1 saturated heterocycles. The van der Waals surface area contributed by atoms with Crippen molar-refractivity contribution < 1.29 is 23.4 Å². The molecule has 0 aliphatic carbocycles. The Balaban J connectivity index is 1.56. The van der Waals surface area contributed by atoms with Crippen LogP contribution in [-0.2, 0) is 21.4 Å². The van der Waals surface area contributed by atoms with Gasteiger partial charge in [0.1, 0.15) is 29.2 Å². The highest BCUT2D eigenvalue weighted by Crippen LogP contribution is 2.62. The fraction of sp³-hybridized carbons (Fsp3) is 0.409. The fourth-order valence-electron chi connectivity index (χ4n) is 4.82. The number of hydrogen-bond acceptors (Lipinski definition) is 7. The Morgan fingerprint density at radius 1 is 1.26 bits per heavy atom. The minimum atomic E-state index is -0.796. The third-order valence-corrected chi connectivity index (χ3v) is 6.87. The van der Waals surface area contributed by atoms with E-state index >= 15 is 0 Å². The molecular formula is C22H21ClFN3O4. The normalized spacial score (nSPS) is 24.7. The average Bonchev–Trinajstić information content (AvgIpc) is 3.03. The van der Waals surface area contributed by atoms with Gasteiger partial charge in [-0.05, 0) is 37.6 Å². The Bertz CT molecular complexity index is 1130. The summed E-state index contributed by atoms with van der Waals surface area (Å²) in [5.41, 5.74) is 5.31. The number of ketones is 1. The summed E-state index contributed by atoms with van der Waals surface area (Å²) in [6.07, 6.45) is 1.21. The molecule has 1 fully saturated rings. The third kappa shape index (κ3) is 2.78. The molecule has 7 nitrogen and oxygen atoms in total. The molecule has 1 aromatic carbocycles. The second kappa shape index (κ2) is 6.64. The number of rotatable bonds is 3. The number of halogens is 2. The number of ether oxygens (including phenoxy) is 3. The average molecular weight is 446 g/mol. The summed E-state index contributed by atoms with van der Waals surface area (Å²) in [5, 5.41) is 0.134. The van der Waals surface area contributed by atoms with Crippen LogP contribution < -0.4 is 10.5 Å². The molecule has 1 atom stereocenters. The molecule has 162 valence electrons. The number of nitrogens with two attached hydrogens (primary N) is 1. The van der Waals surface area contributed by atoms with E-state index in [1.165, 1.54) is 6.20 Å². The van der Waals surface area contributed by atoms with Crippen molar-refractivity contribution in [2.45, 2.75) is 31.4 Å². The predicted octanol–water partition coefficient (Wildman–Crippen LogP) is 3.03. The molecule has 0 radical (unpaired) electrons. The lowest BCUT2D eigenvalue weighted by molar-refractivity contribution is -0.247. The summed E-state index contributed by atoms with van der Waals surface area (Å²) < 4.78 is 31.7. The summed E-state index contributed by atoms with van der Waals surface area (Å²) in [6, 6.07) is 6.65. The smallest absolute Gasteiger partial charge is 0.283 e. The maximum atomic E-state index is 14.2. The molecule has 0 amide bonds. The number of nitrogens with zero attached hydrogens (tertiary/aromatic N) is 2. The molecule has 1 aromatic heterocycles. The summed E-state index contributed by atoms with van der Waals surface area (Å²) >= 11 is 5.74. The topological polar surface area (TPSA) is 96.0 Å². The van der Waals surface area contributed by atoms with E-state index in [0.717, 1.165) is 11.6 Å². The van der Waals surface area contributed by atoms with Crippen molar-refractivity contribution in [1.29, 1.82) is 0 Å². The number of carbonyl (C=O) groups is 1. The summed E-state index contributed by atoms with van der Waals surface area (Å²) in [7, 11) is 0. The highest BCUT2D eigenvalue weighted by atomic mass is 35.5. The Morgan fingerprint density at radius 3 is 2.65 bits per heavy atom. The molecule has 0 bridgehead atoms. The monoisotopic (exact) mass is 445 g/mol. The Kier molecular flexibility index (Phi) is 4.33. The van der Waals surface area contributed by atoms with E-state index in [4.69, 9.17) is 36.5 Å². The van der Waals surface area contributed by atoms with Crippen LogP contribution in [0.3, 0.4) is 0 Å². The number of aliphatic imine (C=N–C) groups is 1. The Labute approximate surface area is 183 Å².